The summed E-state index contributed by atoms with van der Waals surface area (Å²) >= 11 is 3.09. The molecular weight excluding hydrogens is 334 g/mol. The number of Topliss-reactive ketones (excluding diaryl/α,β-unsaturated/α-hetero) is 2. The fourth-order valence-corrected chi connectivity index (χ4v) is 2.87. The molecule has 1 unspecified atom stereocenters. The summed E-state index contributed by atoms with van der Waals surface area (Å²) in [4.78, 5) is 37.1. The van der Waals surface area contributed by atoms with Crippen molar-refractivity contribution in [1.29, 1.82) is 0 Å². The van der Waals surface area contributed by atoms with Crippen LogP contribution >= 0.6 is 15.9 Å². The molecule has 2 rings (SSSR count). The first-order valence-electron chi connectivity index (χ1n) is 7.17. The molecule has 112 valence electrons. The Bertz CT molecular complexity index is 522. The molecule has 5 heteroatoms. The summed E-state index contributed by atoms with van der Waals surface area (Å²) in [5, 5.41) is 0. The molecular formula is C16H18BrNO3. The van der Waals surface area contributed by atoms with Crippen LogP contribution in [-0.4, -0.2) is 40.3 Å². The number of carbonyl (C=O) groups is 3. The first-order chi connectivity index (χ1) is 10.1. The normalized spacial score (nSPS) is 16.9. The van der Waals surface area contributed by atoms with Crippen LogP contribution in [0.2, 0.25) is 0 Å². The second kappa shape index (κ2) is 7.50. The fourth-order valence-electron chi connectivity index (χ4n) is 2.41. The minimum atomic E-state index is -1.10. The number of amides is 1. The van der Waals surface area contributed by atoms with E-state index in [1.807, 2.05) is 0 Å². The van der Waals surface area contributed by atoms with Gasteiger partial charge in [0.15, 0.2) is 5.78 Å². The smallest absolute Gasteiger partial charge is 0.291 e. The van der Waals surface area contributed by atoms with Gasteiger partial charge in [0.2, 0.25) is 5.78 Å². The maximum absolute atomic E-state index is 12.2. The van der Waals surface area contributed by atoms with Crippen molar-refractivity contribution in [1.82, 2.24) is 4.90 Å². The van der Waals surface area contributed by atoms with Gasteiger partial charge in [-0.05, 0) is 12.8 Å². The number of nitrogens with zero attached hydrogens (tertiary/aromatic N) is 1. The van der Waals surface area contributed by atoms with Crippen molar-refractivity contribution in [2.24, 2.45) is 0 Å². The van der Waals surface area contributed by atoms with Crippen LogP contribution in [0.3, 0.4) is 0 Å². The number of likely N-dealkylation sites (tertiary alicyclic amines) is 1. The molecule has 0 spiro atoms. The molecule has 1 aliphatic heterocycles. The van der Waals surface area contributed by atoms with Gasteiger partial charge in [-0.25, -0.2) is 0 Å². The zero-order chi connectivity index (χ0) is 15.2. The first kappa shape index (κ1) is 15.9. The molecule has 0 aliphatic carbocycles. The van der Waals surface area contributed by atoms with Crippen molar-refractivity contribution in [3.05, 3.63) is 35.9 Å². The van der Waals surface area contributed by atoms with Gasteiger partial charge in [-0.15, -0.1) is 0 Å². The Balaban J connectivity index is 2.04. The van der Waals surface area contributed by atoms with Crippen molar-refractivity contribution < 1.29 is 14.4 Å². The molecule has 1 atom stereocenters. The van der Waals surface area contributed by atoms with Crippen LogP contribution in [0.25, 0.3) is 0 Å². The van der Waals surface area contributed by atoms with E-state index < -0.39 is 16.5 Å². The summed E-state index contributed by atoms with van der Waals surface area (Å²) in [6.45, 7) is 1.20. The van der Waals surface area contributed by atoms with Gasteiger partial charge in [0, 0.05) is 18.7 Å². The van der Waals surface area contributed by atoms with Crippen LogP contribution in [0.1, 0.15) is 36.0 Å². The lowest BCUT2D eigenvalue weighted by Gasteiger charge is -2.20. The second-order valence-electron chi connectivity index (χ2n) is 5.16. The molecule has 1 heterocycles. The number of carbonyl (C=O) groups excluding carboxylic acids is 3. The molecule has 4 nitrogen and oxygen atoms in total. The van der Waals surface area contributed by atoms with Crippen LogP contribution in [-0.2, 0) is 9.59 Å². The first-order valence-corrected chi connectivity index (χ1v) is 8.09. The van der Waals surface area contributed by atoms with Crippen LogP contribution in [0, 0.1) is 0 Å². The van der Waals surface area contributed by atoms with Gasteiger partial charge in [-0.3, -0.25) is 14.4 Å². The molecule has 0 radical (unpaired) electrons. The molecule has 1 fully saturated rings. The molecule has 0 bridgehead atoms. The molecule has 1 aromatic carbocycles. The summed E-state index contributed by atoms with van der Waals surface area (Å²) in [5.74, 6) is -1.60. The maximum Gasteiger partial charge on any atom is 0.291 e. The monoisotopic (exact) mass is 351 g/mol. The highest BCUT2D eigenvalue weighted by Crippen LogP contribution is 2.15. The lowest BCUT2D eigenvalue weighted by atomic mass is 10.1. The molecule has 0 N–H and O–H groups in total. The Morgan fingerprint density at radius 3 is 2.10 bits per heavy atom. The number of alkyl halides is 1. The predicted molar refractivity (Wildman–Crippen MR) is 83.5 cm³/mol. The fraction of sp³-hybridized carbons (Fsp3) is 0.438. The van der Waals surface area contributed by atoms with Gasteiger partial charge in [0.05, 0.1) is 0 Å². The zero-order valence-corrected chi connectivity index (χ0v) is 13.3. The highest BCUT2D eigenvalue weighted by Gasteiger charge is 2.32. The van der Waals surface area contributed by atoms with E-state index in [0.29, 0.717) is 18.7 Å². The van der Waals surface area contributed by atoms with E-state index in [1.165, 1.54) is 0 Å². The third-order valence-corrected chi connectivity index (χ3v) is 4.45. The van der Waals surface area contributed by atoms with Gasteiger partial charge in [-0.1, -0.05) is 59.1 Å². The van der Waals surface area contributed by atoms with E-state index in [1.54, 1.807) is 35.2 Å². The Kier molecular flexibility index (Phi) is 5.67. The average Bonchev–Trinajstić information content (AvgIpc) is 2.82. The molecule has 0 saturated carbocycles. The van der Waals surface area contributed by atoms with Gasteiger partial charge in [-0.2, -0.15) is 0 Å². The van der Waals surface area contributed by atoms with Crippen molar-refractivity contribution in [3.8, 4) is 0 Å². The lowest BCUT2D eigenvalue weighted by Crippen LogP contribution is -2.42. The van der Waals surface area contributed by atoms with Crippen LogP contribution in [0.15, 0.2) is 30.3 Å². The van der Waals surface area contributed by atoms with E-state index in [4.69, 9.17) is 0 Å². The number of hydrogen-bond acceptors (Lipinski definition) is 3. The van der Waals surface area contributed by atoms with E-state index >= 15 is 0 Å². The summed E-state index contributed by atoms with van der Waals surface area (Å²) in [6, 6.07) is 8.53. The lowest BCUT2D eigenvalue weighted by molar-refractivity contribution is -0.143. The number of rotatable bonds is 4. The second-order valence-corrected chi connectivity index (χ2v) is 6.08. The highest BCUT2D eigenvalue weighted by molar-refractivity contribution is 9.10. The van der Waals surface area contributed by atoms with Gasteiger partial charge in [0.25, 0.3) is 5.91 Å². The Morgan fingerprint density at radius 2 is 1.52 bits per heavy atom. The maximum atomic E-state index is 12.2. The zero-order valence-electron chi connectivity index (χ0n) is 11.8. The molecule has 1 aliphatic rings. The van der Waals surface area contributed by atoms with Crippen molar-refractivity contribution in [2.45, 2.75) is 30.5 Å². The third-order valence-electron chi connectivity index (χ3n) is 3.62. The third kappa shape index (κ3) is 4.00. The number of halogens is 1. The minimum Gasteiger partial charge on any atom is -0.336 e. The van der Waals surface area contributed by atoms with E-state index in [9.17, 15) is 14.4 Å². The molecule has 21 heavy (non-hydrogen) atoms. The standard InChI is InChI=1S/C16H18BrNO3/c17-13(14(19)12-8-4-3-5-9-12)15(20)16(21)18-10-6-1-2-7-11-18/h3-5,8-9,13H,1-2,6-7,10-11H2. The highest BCUT2D eigenvalue weighted by atomic mass is 79.9. The van der Waals surface area contributed by atoms with Crippen LogP contribution in [0.5, 0.6) is 0 Å². The number of ketones is 2. The predicted octanol–water partition coefficient (Wildman–Crippen LogP) is 2.60. The summed E-state index contributed by atoms with van der Waals surface area (Å²) in [7, 11) is 0. The molecule has 1 saturated heterocycles. The largest absolute Gasteiger partial charge is 0.336 e. The molecule has 1 aromatic rings. The number of benzene rings is 1. The quantitative estimate of drug-likeness (QED) is 0.362. The van der Waals surface area contributed by atoms with Gasteiger partial charge < -0.3 is 4.90 Å². The minimum absolute atomic E-state index is 0.372. The molecule has 0 aromatic heterocycles. The summed E-state index contributed by atoms with van der Waals surface area (Å²) < 4.78 is 0. The van der Waals surface area contributed by atoms with Crippen molar-refractivity contribution >= 4 is 33.4 Å². The SMILES string of the molecule is O=C(C(=O)N1CCCCCC1)C(Br)C(=O)c1ccccc1. The Morgan fingerprint density at radius 1 is 0.952 bits per heavy atom. The Hall–Kier alpha value is -1.49. The number of hydrogen-bond donors (Lipinski definition) is 0. The van der Waals surface area contributed by atoms with E-state index in [-0.39, 0.29) is 5.78 Å². The van der Waals surface area contributed by atoms with Gasteiger partial charge >= 0.3 is 0 Å². The molecule has 1 amide bonds. The van der Waals surface area contributed by atoms with Gasteiger partial charge in [0.1, 0.15) is 4.83 Å². The van der Waals surface area contributed by atoms with E-state index in [0.717, 1.165) is 25.7 Å². The van der Waals surface area contributed by atoms with Crippen LogP contribution in [0.4, 0.5) is 0 Å². The summed E-state index contributed by atoms with van der Waals surface area (Å²) in [6.07, 6.45) is 3.99. The van der Waals surface area contributed by atoms with Crippen molar-refractivity contribution in [2.75, 3.05) is 13.1 Å². The van der Waals surface area contributed by atoms with E-state index in [2.05, 4.69) is 15.9 Å². The summed E-state index contributed by atoms with van der Waals surface area (Å²) in [5.41, 5.74) is 0.427. The topological polar surface area (TPSA) is 54.5 Å². The Labute approximate surface area is 132 Å². The van der Waals surface area contributed by atoms with Crippen molar-refractivity contribution in [3.63, 3.8) is 0 Å². The van der Waals surface area contributed by atoms with Crippen LogP contribution < -0.4 is 0 Å². The average molecular weight is 352 g/mol.